The fraction of sp³-hybridized carbons (Fsp3) is 0.391. The predicted octanol–water partition coefficient (Wildman–Crippen LogP) is 3.66. The molecule has 0 radical (unpaired) electrons. The molecule has 0 bridgehead atoms. The minimum Gasteiger partial charge on any atom is -0.453 e. The number of hydrogen-bond acceptors (Lipinski definition) is 8. The molecular formula is C23H27ClFN7O4S. The summed E-state index contributed by atoms with van der Waals surface area (Å²) in [4.78, 5) is 27.7. The van der Waals surface area contributed by atoms with E-state index in [-0.39, 0.29) is 45.6 Å². The number of halogens is 2. The van der Waals surface area contributed by atoms with Gasteiger partial charge in [0.25, 0.3) is 0 Å². The number of rotatable bonds is 10. The monoisotopic (exact) mass is 551 g/mol. The van der Waals surface area contributed by atoms with Gasteiger partial charge in [-0.1, -0.05) is 18.5 Å². The first kappa shape index (κ1) is 26.8. The second-order valence-electron chi connectivity index (χ2n) is 8.57. The maximum absolute atomic E-state index is 14.7. The molecule has 0 aliphatic heterocycles. The Morgan fingerprint density at radius 1 is 1.32 bits per heavy atom. The molecule has 4 N–H and O–H groups in total. The van der Waals surface area contributed by atoms with E-state index in [4.69, 9.17) is 11.6 Å². The molecule has 37 heavy (non-hydrogen) atoms. The van der Waals surface area contributed by atoms with Crippen LogP contribution in [0.2, 0.25) is 5.02 Å². The largest absolute Gasteiger partial charge is 0.453 e. The number of carbonyl (C=O) groups is 1. The summed E-state index contributed by atoms with van der Waals surface area (Å²) in [5.74, 6) is 0.417. The van der Waals surface area contributed by atoms with Gasteiger partial charge in [0.05, 0.1) is 29.2 Å². The van der Waals surface area contributed by atoms with Gasteiger partial charge in [-0.15, -0.1) is 0 Å². The van der Waals surface area contributed by atoms with Crippen molar-refractivity contribution in [2.75, 3.05) is 25.5 Å². The van der Waals surface area contributed by atoms with Crippen molar-refractivity contribution < 1.29 is 22.3 Å². The number of imidazole rings is 1. The first-order valence-corrected chi connectivity index (χ1v) is 13.5. The van der Waals surface area contributed by atoms with Crippen molar-refractivity contribution in [3.8, 4) is 22.6 Å². The van der Waals surface area contributed by atoms with Crippen LogP contribution >= 0.6 is 11.6 Å². The lowest BCUT2D eigenvalue weighted by molar-refractivity contribution is 0.168. The molecule has 1 aliphatic rings. The summed E-state index contributed by atoms with van der Waals surface area (Å²) < 4.78 is 46.9. The molecule has 2 aromatic heterocycles. The number of benzene rings is 1. The van der Waals surface area contributed by atoms with Crippen molar-refractivity contribution in [2.45, 2.75) is 43.5 Å². The number of sulfonamides is 1. The molecule has 1 amide bonds. The average molecular weight is 552 g/mol. The fourth-order valence-electron chi connectivity index (χ4n) is 3.66. The highest BCUT2D eigenvalue weighted by atomic mass is 35.5. The number of carbonyl (C=O) groups excluding carboxylic acids is 1. The number of nitrogens with zero attached hydrogens (tertiary/aromatic N) is 3. The molecule has 0 unspecified atom stereocenters. The Kier molecular flexibility index (Phi) is 7.95. The van der Waals surface area contributed by atoms with Gasteiger partial charge in [-0.25, -0.2) is 37.3 Å². The molecule has 1 atom stereocenters. The van der Waals surface area contributed by atoms with Crippen LogP contribution in [0.1, 0.15) is 38.4 Å². The normalized spacial score (nSPS) is 14.3. The number of aromatic nitrogens is 4. The van der Waals surface area contributed by atoms with Crippen molar-refractivity contribution >= 4 is 33.7 Å². The SMILES string of the molecule is CCNS(=O)(=O)c1cc(F)cc(-c2nc(C3CC3)[nH]c2-c2ccnc(NC[C@H](C)NC(=O)OC)n2)c1Cl. The van der Waals surface area contributed by atoms with E-state index in [0.717, 1.165) is 25.0 Å². The average Bonchev–Trinajstić information content (AvgIpc) is 3.62. The molecule has 1 saturated carbocycles. The second-order valence-corrected chi connectivity index (χ2v) is 10.7. The van der Waals surface area contributed by atoms with Gasteiger partial charge in [-0.3, -0.25) is 0 Å². The number of alkyl carbamates (subject to hydrolysis) is 1. The highest BCUT2D eigenvalue weighted by Crippen LogP contribution is 2.43. The summed E-state index contributed by atoms with van der Waals surface area (Å²) in [7, 11) is -2.75. The van der Waals surface area contributed by atoms with Gasteiger partial charge in [0.1, 0.15) is 16.5 Å². The smallest absolute Gasteiger partial charge is 0.407 e. The second kappa shape index (κ2) is 11.0. The quantitative estimate of drug-likeness (QED) is 0.298. The molecule has 3 aromatic rings. The van der Waals surface area contributed by atoms with Crippen LogP contribution in [0.3, 0.4) is 0 Å². The van der Waals surface area contributed by atoms with E-state index in [0.29, 0.717) is 23.8 Å². The molecule has 11 nitrogen and oxygen atoms in total. The van der Waals surface area contributed by atoms with E-state index >= 15 is 0 Å². The standard InChI is InChI=1S/C23H27ClFN7O4S/c1-4-28-37(34,35)17-10-14(25)9-15(18(17)24)19-20(32-21(31-19)13-5-6-13)16-7-8-26-22(30-16)27-11-12(2)29-23(33)36-3/h7-10,12-13,28H,4-6,11H2,1-3H3,(H,29,33)(H,31,32)(H,26,27,30)/t12-/m0/s1. The van der Waals surface area contributed by atoms with Gasteiger partial charge in [-0.05, 0) is 38.0 Å². The Bertz CT molecular complexity index is 1410. The molecule has 14 heteroatoms. The van der Waals surface area contributed by atoms with Crippen LogP contribution < -0.4 is 15.4 Å². The Hall–Kier alpha value is -3.29. The van der Waals surface area contributed by atoms with Crippen LogP contribution in [-0.4, -0.2) is 60.7 Å². The summed E-state index contributed by atoms with van der Waals surface area (Å²) in [5, 5.41) is 5.54. The fourth-order valence-corrected chi connectivity index (χ4v) is 5.31. The number of nitrogens with one attached hydrogen (secondary N) is 4. The Morgan fingerprint density at radius 2 is 2.08 bits per heavy atom. The molecule has 1 aromatic carbocycles. The molecule has 1 fully saturated rings. The van der Waals surface area contributed by atoms with Crippen LogP contribution in [-0.2, 0) is 14.8 Å². The summed E-state index contributed by atoms with van der Waals surface area (Å²) in [6.45, 7) is 3.84. The van der Waals surface area contributed by atoms with Crippen molar-refractivity contribution in [1.29, 1.82) is 0 Å². The van der Waals surface area contributed by atoms with E-state index in [1.54, 1.807) is 26.1 Å². The Balaban J connectivity index is 1.73. The topological polar surface area (TPSA) is 151 Å². The van der Waals surface area contributed by atoms with Gasteiger partial charge in [0.15, 0.2) is 0 Å². The number of aromatic amines is 1. The molecule has 0 saturated heterocycles. The zero-order valence-electron chi connectivity index (χ0n) is 20.4. The van der Waals surface area contributed by atoms with Crippen molar-refractivity contribution in [2.24, 2.45) is 0 Å². The summed E-state index contributed by atoms with van der Waals surface area (Å²) in [6.07, 6.45) is 2.88. The summed E-state index contributed by atoms with van der Waals surface area (Å²) in [5.41, 5.74) is 1.30. The van der Waals surface area contributed by atoms with Crippen molar-refractivity contribution in [3.05, 3.63) is 41.1 Å². The number of amides is 1. The van der Waals surface area contributed by atoms with Gasteiger partial charge >= 0.3 is 6.09 Å². The zero-order chi connectivity index (χ0) is 26.7. The first-order valence-electron chi connectivity index (χ1n) is 11.6. The summed E-state index contributed by atoms with van der Waals surface area (Å²) >= 11 is 6.54. The van der Waals surface area contributed by atoms with Crippen LogP contribution in [0.5, 0.6) is 0 Å². The molecule has 1 aliphatic carbocycles. The molecule has 0 spiro atoms. The lowest BCUT2D eigenvalue weighted by Gasteiger charge is -2.14. The lowest BCUT2D eigenvalue weighted by Crippen LogP contribution is -2.37. The van der Waals surface area contributed by atoms with E-state index < -0.39 is 21.9 Å². The minimum atomic E-state index is -4.04. The molecule has 198 valence electrons. The maximum Gasteiger partial charge on any atom is 0.407 e. The van der Waals surface area contributed by atoms with Gasteiger partial charge < -0.3 is 20.4 Å². The predicted molar refractivity (Wildman–Crippen MR) is 136 cm³/mol. The Labute approximate surface area is 218 Å². The summed E-state index contributed by atoms with van der Waals surface area (Å²) in [6, 6.07) is 3.42. The third-order valence-corrected chi connectivity index (χ3v) is 7.69. The van der Waals surface area contributed by atoms with Crippen LogP contribution in [0, 0.1) is 5.82 Å². The number of ether oxygens (including phenoxy) is 1. The van der Waals surface area contributed by atoms with E-state index in [2.05, 4.69) is 40.0 Å². The number of methoxy groups -OCH3 is 1. The number of hydrogen-bond donors (Lipinski definition) is 4. The first-order chi connectivity index (χ1) is 17.6. The number of H-pyrrole nitrogens is 1. The minimum absolute atomic E-state index is 0.120. The van der Waals surface area contributed by atoms with Gasteiger partial charge in [0.2, 0.25) is 16.0 Å². The molecule has 4 rings (SSSR count). The van der Waals surface area contributed by atoms with Crippen molar-refractivity contribution in [3.63, 3.8) is 0 Å². The number of anilines is 1. The van der Waals surface area contributed by atoms with Crippen LogP contribution in [0.25, 0.3) is 22.6 Å². The van der Waals surface area contributed by atoms with Gasteiger partial charge in [0, 0.05) is 36.8 Å². The van der Waals surface area contributed by atoms with Crippen molar-refractivity contribution in [1.82, 2.24) is 30.0 Å². The highest BCUT2D eigenvalue weighted by molar-refractivity contribution is 7.89. The Morgan fingerprint density at radius 3 is 2.76 bits per heavy atom. The molecular weight excluding hydrogens is 525 g/mol. The lowest BCUT2D eigenvalue weighted by atomic mass is 10.1. The van der Waals surface area contributed by atoms with Crippen LogP contribution in [0.4, 0.5) is 15.1 Å². The van der Waals surface area contributed by atoms with E-state index in [1.807, 2.05) is 0 Å². The van der Waals surface area contributed by atoms with E-state index in [9.17, 15) is 17.6 Å². The van der Waals surface area contributed by atoms with Crippen LogP contribution in [0.15, 0.2) is 29.3 Å². The van der Waals surface area contributed by atoms with E-state index in [1.165, 1.54) is 7.11 Å². The maximum atomic E-state index is 14.7. The van der Waals surface area contributed by atoms with Gasteiger partial charge in [-0.2, -0.15) is 0 Å². The third-order valence-electron chi connectivity index (χ3n) is 5.60. The zero-order valence-corrected chi connectivity index (χ0v) is 22.0. The highest BCUT2D eigenvalue weighted by Gasteiger charge is 2.31. The third kappa shape index (κ3) is 6.17. The molecule has 2 heterocycles.